The lowest BCUT2D eigenvalue weighted by molar-refractivity contribution is 0.409. The lowest BCUT2D eigenvalue weighted by Gasteiger charge is -2.14. The molecule has 5 nitrogen and oxygen atoms in total. The second-order valence-electron chi connectivity index (χ2n) is 5.48. The molecular weight excluding hydrogens is 393 g/mol. The number of hydrogen-bond donors (Lipinski definition) is 1. The first-order chi connectivity index (χ1) is 12.9. The van der Waals surface area contributed by atoms with Crippen LogP contribution < -0.4 is 14.2 Å². The Morgan fingerprint density at radius 2 is 1.67 bits per heavy atom. The molecule has 0 aromatic heterocycles. The summed E-state index contributed by atoms with van der Waals surface area (Å²) in [6, 6.07) is 15.9. The van der Waals surface area contributed by atoms with Crippen LogP contribution in [0.1, 0.15) is 0 Å². The molecule has 3 aromatic carbocycles. The van der Waals surface area contributed by atoms with Gasteiger partial charge in [-0.25, -0.2) is 12.8 Å². The minimum absolute atomic E-state index is 0.0868. The van der Waals surface area contributed by atoms with Crippen LogP contribution in [0, 0.1) is 5.82 Å². The van der Waals surface area contributed by atoms with E-state index >= 15 is 0 Å². The number of methoxy groups -OCH3 is 1. The van der Waals surface area contributed by atoms with Gasteiger partial charge in [0, 0.05) is 11.1 Å². The van der Waals surface area contributed by atoms with Gasteiger partial charge in [-0.3, -0.25) is 4.72 Å². The van der Waals surface area contributed by atoms with Gasteiger partial charge in [0.05, 0.1) is 17.7 Å². The number of sulfonamides is 1. The number of halogens is 2. The van der Waals surface area contributed by atoms with E-state index in [1.165, 1.54) is 25.3 Å². The molecule has 0 heterocycles. The van der Waals surface area contributed by atoms with Crippen molar-refractivity contribution < 1.29 is 22.3 Å². The summed E-state index contributed by atoms with van der Waals surface area (Å²) in [4.78, 5) is -0.0868. The third-order valence-electron chi connectivity index (χ3n) is 3.58. The summed E-state index contributed by atoms with van der Waals surface area (Å²) in [6.07, 6.45) is 0. The second-order valence-corrected chi connectivity index (χ2v) is 7.60. The maximum Gasteiger partial charge on any atom is 0.262 e. The van der Waals surface area contributed by atoms with Crippen LogP contribution in [-0.4, -0.2) is 15.5 Å². The molecule has 0 fully saturated rings. The van der Waals surface area contributed by atoms with Crippen molar-refractivity contribution in [3.05, 3.63) is 77.6 Å². The predicted molar refractivity (Wildman–Crippen MR) is 102 cm³/mol. The average molecular weight is 408 g/mol. The van der Waals surface area contributed by atoms with Gasteiger partial charge in [-0.15, -0.1) is 0 Å². The van der Waals surface area contributed by atoms with E-state index in [1.54, 1.807) is 36.4 Å². The third-order valence-corrected chi connectivity index (χ3v) is 5.20. The summed E-state index contributed by atoms with van der Waals surface area (Å²) < 4.78 is 51.6. The Kier molecular flexibility index (Phi) is 5.53. The van der Waals surface area contributed by atoms with Crippen LogP contribution >= 0.6 is 11.6 Å². The highest BCUT2D eigenvalue weighted by atomic mass is 35.5. The monoisotopic (exact) mass is 407 g/mol. The first-order valence-corrected chi connectivity index (χ1v) is 9.63. The number of anilines is 1. The zero-order chi connectivity index (χ0) is 19.4. The lowest BCUT2D eigenvalue weighted by atomic mass is 10.3. The maximum absolute atomic E-state index is 13.1. The Bertz CT molecular complexity index is 1060. The molecule has 0 saturated heterocycles. The Morgan fingerprint density at radius 3 is 2.37 bits per heavy atom. The van der Waals surface area contributed by atoms with Crippen LogP contribution in [0.25, 0.3) is 0 Å². The highest BCUT2D eigenvalue weighted by molar-refractivity contribution is 7.92. The molecule has 1 N–H and O–H groups in total. The van der Waals surface area contributed by atoms with Crippen LogP contribution in [0.5, 0.6) is 17.2 Å². The van der Waals surface area contributed by atoms with Crippen LogP contribution in [0.2, 0.25) is 5.02 Å². The molecule has 8 heteroatoms. The minimum atomic E-state index is -3.95. The Hall–Kier alpha value is -2.77. The van der Waals surface area contributed by atoms with Gasteiger partial charge in [0.25, 0.3) is 10.0 Å². The standard InChI is InChI=1S/C19H15ClFNO4S/c1-25-15-3-2-4-16(12-15)26-19-10-5-13(20)11-18(19)22-27(23,24)17-8-6-14(21)7-9-17/h2-12,22H,1H3. The molecule has 0 saturated carbocycles. The summed E-state index contributed by atoms with van der Waals surface area (Å²) >= 11 is 6.00. The molecule has 3 rings (SSSR count). The highest BCUT2D eigenvalue weighted by Gasteiger charge is 2.17. The van der Waals surface area contributed by atoms with E-state index in [0.717, 1.165) is 12.1 Å². The van der Waals surface area contributed by atoms with Gasteiger partial charge >= 0.3 is 0 Å². The van der Waals surface area contributed by atoms with E-state index < -0.39 is 15.8 Å². The third kappa shape index (κ3) is 4.69. The summed E-state index contributed by atoms with van der Waals surface area (Å²) in [6.45, 7) is 0. The molecule has 0 unspecified atom stereocenters. The lowest BCUT2D eigenvalue weighted by Crippen LogP contribution is -2.13. The van der Waals surface area contributed by atoms with Gasteiger partial charge < -0.3 is 9.47 Å². The number of rotatable bonds is 6. The minimum Gasteiger partial charge on any atom is -0.497 e. The van der Waals surface area contributed by atoms with Crippen molar-refractivity contribution >= 4 is 27.3 Å². The van der Waals surface area contributed by atoms with Crippen molar-refractivity contribution in [2.45, 2.75) is 4.90 Å². The van der Waals surface area contributed by atoms with E-state index in [4.69, 9.17) is 21.1 Å². The predicted octanol–water partition coefficient (Wildman–Crippen LogP) is 5.08. The molecule has 0 spiro atoms. The Morgan fingerprint density at radius 1 is 0.963 bits per heavy atom. The molecule has 0 amide bonds. The quantitative estimate of drug-likeness (QED) is 0.618. The van der Waals surface area contributed by atoms with Gasteiger partial charge in [0.15, 0.2) is 5.75 Å². The van der Waals surface area contributed by atoms with E-state index in [1.807, 2.05) is 0 Å². The second kappa shape index (κ2) is 7.85. The fourth-order valence-electron chi connectivity index (χ4n) is 2.28. The first kappa shape index (κ1) is 19.0. The van der Waals surface area contributed by atoms with Crippen molar-refractivity contribution in [2.24, 2.45) is 0 Å². The normalized spacial score (nSPS) is 11.1. The van der Waals surface area contributed by atoms with Crippen LogP contribution in [-0.2, 0) is 10.0 Å². The van der Waals surface area contributed by atoms with Crippen LogP contribution in [0.4, 0.5) is 10.1 Å². The highest BCUT2D eigenvalue weighted by Crippen LogP contribution is 2.34. The van der Waals surface area contributed by atoms with Crippen molar-refractivity contribution in [3.63, 3.8) is 0 Å². The molecule has 0 aliphatic heterocycles. The Labute approximate surface area is 161 Å². The van der Waals surface area contributed by atoms with E-state index in [2.05, 4.69) is 4.72 Å². The fraction of sp³-hybridized carbons (Fsp3) is 0.0526. The Balaban J connectivity index is 1.93. The van der Waals surface area contributed by atoms with Gasteiger partial charge in [-0.2, -0.15) is 0 Å². The molecule has 0 aliphatic carbocycles. The van der Waals surface area contributed by atoms with Crippen molar-refractivity contribution in [1.82, 2.24) is 0 Å². The van der Waals surface area contributed by atoms with Gasteiger partial charge in [-0.1, -0.05) is 17.7 Å². The van der Waals surface area contributed by atoms with Gasteiger partial charge in [0.1, 0.15) is 17.3 Å². The topological polar surface area (TPSA) is 64.6 Å². The van der Waals surface area contributed by atoms with E-state index in [0.29, 0.717) is 16.5 Å². The zero-order valence-corrected chi connectivity index (χ0v) is 15.7. The molecule has 3 aromatic rings. The SMILES string of the molecule is COc1cccc(Oc2ccc(Cl)cc2NS(=O)(=O)c2ccc(F)cc2)c1. The maximum atomic E-state index is 13.1. The number of nitrogens with one attached hydrogen (secondary N) is 1. The number of hydrogen-bond acceptors (Lipinski definition) is 4. The molecule has 27 heavy (non-hydrogen) atoms. The molecule has 140 valence electrons. The summed E-state index contributed by atoms with van der Waals surface area (Å²) in [5, 5.41) is 0.324. The van der Waals surface area contributed by atoms with Crippen LogP contribution in [0.15, 0.2) is 71.6 Å². The van der Waals surface area contributed by atoms with E-state index in [9.17, 15) is 12.8 Å². The molecule has 0 radical (unpaired) electrons. The molecular formula is C19H15ClFNO4S. The summed E-state index contributed by atoms with van der Waals surface area (Å²) in [7, 11) is -2.42. The summed E-state index contributed by atoms with van der Waals surface area (Å²) in [5.41, 5.74) is 0.148. The van der Waals surface area contributed by atoms with Gasteiger partial charge in [0.2, 0.25) is 0 Å². The van der Waals surface area contributed by atoms with Crippen LogP contribution in [0.3, 0.4) is 0 Å². The molecule has 0 bridgehead atoms. The fourth-order valence-corrected chi connectivity index (χ4v) is 3.51. The largest absolute Gasteiger partial charge is 0.497 e. The number of ether oxygens (including phenoxy) is 2. The zero-order valence-electron chi connectivity index (χ0n) is 14.1. The summed E-state index contributed by atoms with van der Waals surface area (Å²) in [5.74, 6) is 0.769. The van der Waals surface area contributed by atoms with Crippen molar-refractivity contribution in [2.75, 3.05) is 11.8 Å². The molecule has 0 atom stereocenters. The van der Waals surface area contributed by atoms with E-state index in [-0.39, 0.29) is 16.3 Å². The van der Waals surface area contributed by atoms with Gasteiger partial charge in [-0.05, 0) is 54.6 Å². The van der Waals surface area contributed by atoms with Crippen molar-refractivity contribution in [1.29, 1.82) is 0 Å². The number of benzene rings is 3. The average Bonchev–Trinajstić information content (AvgIpc) is 2.64. The first-order valence-electron chi connectivity index (χ1n) is 7.77. The molecule has 0 aliphatic rings. The smallest absolute Gasteiger partial charge is 0.262 e. The van der Waals surface area contributed by atoms with Crippen molar-refractivity contribution in [3.8, 4) is 17.2 Å².